The maximum absolute atomic E-state index is 11.9. The summed E-state index contributed by atoms with van der Waals surface area (Å²) in [7, 11) is 0. The van der Waals surface area contributed by atoms with Crippen molar-refractivity contribution in [1.29, 1.82) is 0 Å². The van der Waals surface area contributed by atoms with Crippen molar-refractivity contribution in [2.24, 2.45) is 0 Å². The lowest BCUT2D eigenvalue weighted by molar-refractivity contribution is 0.222. The van der Waals surface area contributed by atoms with E-state index in [-0.39, 0.29) is 6.03 Å². The van der Waals surface area contributed by atoms with Crippen LogP contribution in [0.1, 0.15) is 25.3 Å². The Hall–Kier alpha value is -1.51. The fraction of sp³-hybridized carbons (Fsp3) is 0.462. The van der Waals surface area contributed by atoms with Gasteiger partial charge in [0.05, 0.1) is 0 Å². The van der Waals surface area contributed by atoms with Gasteiger partial charge in [0.1, 0.15) is 0 Å². The lowest BCUT2D eigenvalue weighted by Crippen LogP contribution is -2.32. The predicted octanol–water partition coefficient (Wildman–Crippen LogP) is 2.88. The number of aryl methyl sites for hydroxylation is 1. The molecule has 2 rings (SSSR count). The number of carbonyl (C=O) groups excluding carboxylic acids is 1. The number of benzene rings is 1. The SMILES string of the molecule is CCc1ccccc1NC(=O)N1CCCC1. The van der Waals surface area contributed by atoms with Crippen molar-refractivity contribution in [3.05, 3.63) is 29.8 Å². The minimum atomic E-state index is 0.0402. The van der Waals surface area contributed by atoms with Gasteiger partial charge >= 0.3 is 6.03 Å². The van der Waals surface area contributed by atoms with E-state index in [1.807, 2.05) is 23.1 Å². The summed E-state index contributed by atoms with van der Waals surface area (Å²) in [4.78, 5) is 13.8. The van der Waals surface area contributed by atoms with Crippen LogP contribution in [0.15, 0.2) is 24.3 Å². The standard InChI is InChI=1S/C13H18N2O/c1-2-11-7-3-4-8-12(11)14-13(16)15-9-5-6-10-15/h3-4,7-8H,2,5-6,9-10H2,1H3,(H,14,16). The Morgan fingerprint density at radius 2 is 2.00 bits per heavy atom. The minimum Gasteiger partial charge on any atom is -0.325 e. The largest absolute Gasteiger partial charge is 0.325 e. The summed E-state index contributed by atoms with van der Waals surface area (Å²) < 4.78 is 0. The summed E-state index contributed by atoms with van der Waals surface area (Å²) in [6.45, 7) is 3.88. The second-order valence-corrected chi connectivity index (χ2v) is 4.14. The highest BCUT2D eigenvalue weighted by molar-refractivity contribution is 5.90. The predicted molar refractivity (Wildman–Crippen MR) is 65.6 cm³/mol. The third kappa shape index (κ3) is 2.35. The number of anilines is 1. The first-order valence-electron chi connectivity index (χ1n) is 5.95. The fourth-order valence-electron chi connectivity index (χ4n) is 2.07. The molecule has 86 valence electrons. The first-order valence-corrected chi connectivity index (χ1v) is 5.95. The average Bonchev–Trinajstić information content (AvgIpc) is 2.83. The zero-order valence-electron chi connectivity index (χ0n) is 9.70. The van der Waals surface area contributed by atoms with Crippen LogP contribution in [0.3, 0.4) is 0 Å². The molecule has 1 saturated heterocycles. The minimum absolute atomic E-state index is 0.0402. The third-order valence-corrected chi connectivity index (χ3v) is 3.03. The van der Waals surface area contributed by atoms with Crippen LogP contribution in [0.25, 0.3) is 0 Å². The number of para-hydroxylation sites is 1. The topological polar surface area (TPSA) is 32.3 Å². The molecule has 0 spiro atoms. The Bertz CT molecular complexity index is 370. The van der Waals surface area contributed by atoms with E-state index in [1.165, 1.54) is 5.56 Å². The van der Waals surface area contributed by atoms with Crippen LogP contribution in [0.5, 0.6) is 0 Å². The van der Waals surface area contributed by atoms with E-state index in [9.17, 15) is 4.79 Å². The highest BCUT2D eigenvalue weighted by atomic mass is 16.2. The van der Waals surface area contributed by atoms with E-state index in [1.54, 1.807) is 0 Å². The van der Waals surface area contributed by atoms with Crippen LogP contribution in [0, 0.1) is 0 Å². The van der Waals surface area contributed by atoms with Crippen LogP contribution >= 0.6 is 0 Å². The van der Waals surface area contributed by atoms with Crippen molar-refractivity contribution in [3.63, 3.8) is 0 Å². The molecule has 1 N–H and O–H groups in total. The quantitative estimate of drug-likeness (QED) is 0.813. The van der Waals surface area contributed by atoms with E-state index < -0.39 is 0 Å². The average molecular weight is 218 g/mol. The van der Waals surface area contributed by atoms with E-state index >= 15 is 0 Å². The number of nitrogens with zero attached hydrogens (tertiary/aromatic N) is 1. The lowest BCUT2D eigenvalue weighted by atomic mass is 10.1. The molecule has 0 aliphatic carbocycles. The lowest BCUT2D eigenvalue weighted by Gasteiger charge is -2.17. The van der Waals surface area contributed by atoms with Gasteiger partial charge in [0, 0.05) is 18.8 Å². The molecule has 0 radical (unpaired) electrons. The molecule has 1 heterocycles. The molecule has 3 heteroatoms. The molecule has 1 fully saturated rings. The molecule has 0 unspecified atom stereocenters. The van der Waals surface area contributed by atoms with Crippen LogP contribution < -0.4 is 5.32 Å². The molecule has 1 aromatic carbocycles. The number of rotatable bonds is 2. The Morgan fingerprint density at radius 3 is 2.69 bits per heavy atom. The van der Waals surface area contributed by atoms with E-state index in [0.717, 1.165) is 38.0 Å². The molecule has 0 bridgehead atoms. The molecule has 2 amide bonds. The Morgan fingerprint density at radius 1 is 1.31 bits per heavy atom. The van der Waals surface area contributed by atoms with Gasteiger partial charge in [-0.15, -0.1) is 0 Å². The zero-order valence-corrected chi connectivity index (χ0v) is 9.70. The molecule has 0 aromatic heterocycles. The van der Waals surface area contributed by atoms with Crippen molar-refractivity contribution in [1.82, 2.24) is 4.90 Å². The Labute approximate surface area is 96.5 Å². The number of carbonyl (C=O) groups is 1. The van der Waals surface area contributed by atoms with Crippen molar-refractivity contribution in [2.75, 3.05) is 18.4 Å². The Kier molecular flexibility index (Phi) is 3.44. The molecule has 16 heavy (non-hydrogen) atoms. The molecule has 0 saturated carbocycles. The number of hydrogen-bond donors (Lipinski definition) is 1. The highest BCUT2D eigenvalue weighted by Gasteiger charge is 2.18. The normalized spacial score (nSPS) is 15.2. The number of urea groups is 1. The number of nitrogens with one attached hydrogen (secondary N) is 1. The summed E-state index contributed by atoms with van der Waals surface area (Å²) in [5, 5.41) is 2.99. The van der Waals surface area contributed by atoms with Gasteiger partial charge in [-0.25, -0.2) is 4.79 Å². The number of likely N-dealkylation sites (tertiary alicyclic amines) is 1. The fourth-order valence-corrected chi connectivity index (χ4v) is 2.07. The second-order valence-electron chi connectivity index (χ2n) is 4.14. The smallest absolute Gasteiger partial charge is 0.321 e. The molecule has 0 atom stereocenters. The van der Waals surface area contributed by atoms with Crippen molar-refractivity contribution >= 4 is 11.7 Å². The number of hydrogen-bond acceptors (Lipinski definition) is 1. The van der Waals surface area contributed by atoms with Gasteiger partial charge in [-0.3, -0.25) is 0 Å². The van der Waals surface area contributed by atoms with Crippen LogP contribution in [-0.4, -0.2) is 24.0 Å². The van der Waals surface area contributed by atoms with Gasteiger partial charge in [-0.05, 0) is 30.9 Å². The van der Waals surface area contributed by atoms with Crippen LogP contribution in [-0.2, 0) is 6.42 Å². The van der Waals surface area contributed by atoms with Crippen molar-refractivity contribution < 1.29 is 4.79 Å². The summed E-state index contributed by atoms with van der Waals surface area (Å²) in [5.74, 6) is 0. The summed E-state index contributed by atoms with van der Waals surface area (Å²) >= 11 is 0. The van der Waals surface area contributed by atoms with E-state index in [2.05, 4.69) is 18.3 Å². The van der Waals surface area contributed by atoms with Crippen LogP contribution in [0.2, 0.25) is 0 Å². The first-order chi connectivity index (χ1) is 7.81. The maximum Gasteiger partial charge on any atom is 0.321 e. The zero-order chi connectivity index (χ0) is 11.4. The molecular weight excluding hydrogens is 200 g/mol. The summed E-state index contributed by atoms with van der Waals surface area (Å²) in [5.41, 5.74) is 2.14. The monoisotopic (exact) mass is 218 g/mol. The molecule has 3 nitrogen and oxygen atoms in total. The van der Waals surface area contributed by atoms with Crippen LogP contribution in [0.4, 0.5) is 10.5 Å². The number of amides is 2. The summed E-state index contributed by atoms with van der Waals surface area (Å²) in [6, 6.07) is 8.02. The molecule has 1 aliphatic rings. The van der Waals surface area contributed by atoms with Gasteiger partial charge in [0.25, 0.3) is 0 Å². The molecular formula is C13H18N2O. The van der Waals surface area contributed by atoms with Gasteiger partial charge < -0.3 is 10.2 Å². The van der Waals surface area contributed by atoms with Crippen molar-refractivity contribution in [2.45, 2.75) is 26.2 Å². The Balaban J connectivity index is 2.05. The highest BCUT2D eigenvalue weighted by Crippen LogP contribution is 2.17. The molecule has 1 aromatic rings. The van der Waals surface area contributed by atoms with Gasteiger partial charge in [0.15, 0.2) is 0 Å². The first kappa shape index (κ1) is 11.0. The second kappa shape index (κ2) is 5.01. The van der Waals surface area contributed by atoms with E-state index in [0.29, 0.717) is 0 Å². The molecule has 1 aliphatic heterocycles. The van der Waals surface area contributed by atoms with Gasteiger partial charge in [-0.1, -0.05) is 25.1 Å². The van der Waals surface area contributed by atoms with Gasteiger partial charge in [-0.2, -0.15) is 0 Å². The third-order valence-electron chi connectivity index (χ3n) is 3.03. The van der Waals surface area contributed by atoms with E-state index in [4.69, 9.17) is 0 Å². The summed E-state index contributed by atoms with van der Waals surface area (Å²) in [6.07, 6.45) is 3.20. The van der Waals surface area contributed by atoms with Gasteiger partial charge in [0.2, 0.25) is 0 Å². The maximum atomic E-state index is 11.9. The van der Waals surface area contributed by atoms with Crippen molar-refractivity contribution in [3.8, 4) is 0 Å².